The third-order valence-corrected chi connectivity index (χ3v) is 9.51. The molecule has 6 rings (SSSR count). The maximum atomic E-state index is 4.96. The first-order valence-electron chi connectivity index (χ1n) is 14.3. The molecule has 0 fully saturated rings. The first-order valence-corrected chi connectivity index (χ1v) is 14.3. The fraction of sp³-hybridized carbons (Fsp3) is 0.371. The summed E-state index contributed by atoms with van der Waals surface area (Å²) >= 11 is 0. The van der Waals surface area contributed by atoms with Gasteiger partial charge in [0.05, 0.1) is 0 Å². The molecular formula is C35H40N4. The molecule has 4 nitrogen and oxygen atoms in total. The van der Waals surface area contributed by atoms with E-state index in [1.807, 2.05) is 12.4 Å². The van der Waals surface area contributed by atoms with Crippen LogP contribution in [0.3, 0.4) is 0 Å². The summed E-state index contributed by atoms with van der Waals surface area (Å²) in [6.45, 7) is 18.7. The third-order valence-electron chi connectivity index (χ3n) is 9.51. The number of fused-ring (bicyclic) bond motifs is 5. The van der Waals surface area contributed by atoms with E-state index in [9.17, 15) is 0 Å². The van der Waals surface area contributed by atoms with Gasteiger partial charge in [-0.15, -0.1) is 0 Å². The molecule has 1 aromatic heterocycles. The lowest BCUT2D eigenvalue weighted by Crippen LogP contribution is -2.60. The van der Waals surface area contributed by atoms with Crippen LogP contribution in [0.4, 0.5) is 23.0 Å². The highest BCUT2D eigenvalue weighted by atomic mass is 15.5. The predicted molar refractivity (Wildman–Crippen MR) is 163 cm³/mol. The van der Waals surface area contributed by atoms with E-state index in [-0.39, 0.29) is 17.0 Å². The third kappa shape index (κ3) is 3.71. The van der Waals surface area contributed by atoms with Crippen LogP contribution in [-0.4, -0.2) is 16.1 Å². The van der Waals surface area contributed by atoms with Crippen LogP contribution >= 0.6 is 0 Å². The molecule has 4 heteroatoms. The van der Waals surface area contributed by atoms with Gasteiger partial charge in [0.2, 0.25) is 0 Å². The van der Waals surface area contributed by atoms with Gasteiger partial charge in [-0.2, -0.15) is 0 Å². The summed E-state index contributed by atoms with van der Waals surface area (Å²) in [5.74, 6) is 2.75. The van der Waals surface area contributed by atoms with Gasteiger partial charge in [-0.05, 0) is 57.9 Å². The molecule has 2 aliphatic heterocycles. The van der Waals surface area contributed by atoms with Crippen LogP contribution in [0.5, 0.6) is 0 Å². The molecule has 2 aliphatic rings. The Hall–Kier alpha value is -3.66. The smallest absolute Gasteiger partial charge is 0.178 e. The first-order chi connectivity index (χ1) is 18.5. The zero-order chi connectivity index (χ0) is 27.7. The van der Waals surface area contributed by atoms with Gasteiger partial charge in [0.15, 0.2) is 11.6 Å². The number of hydrogen-bond donors (Lipinski definition) is 0. The first kappa shape index (κ1) is 25.6. The molecule has 4 aromatic rings. The molecule has 0 amide bonds. The number of rotatable bonds is 4. The van der Waals surface area contributed by atoms with Crippen LogP contribution in [0.2, 0.25) is 0 Å². The topological polar surface area (TPSA) is 32.3 Å². The van der Waals surface area contributed by atoms with Gasteiger partial charge in [-0.25, -0.2) is 9.97 Å². The zero-order valence-electron chi connectivity index (χ0n) is 24.5. The highest BCUT2D eigenvalue weighted by molar-refractivity contribution is 5.89. The molecule has 0 N–H and O–H groups in total. The number of hydrogen-bond acceptors (Lipinski definition) is 4. The van der Waals surface area contributed by atoms with Crippen molar-refractivity contribution in [2.45, 2.75) is 78.8 Å². The number of anilines is 4. The van der Waals surface area contributed by atoms with Gasteiger partial charge in [0.25, 0.3) is 0 Å². The van der Waals surface area contributed by atoms with E-state index in [0.29, 0.717) is 11.8 Å². The largest absolute Gasteiger partial charge is 0.301 e. The SMILES string of the molecule is CC(C)c1ccc(N2c3nccnc3N3c4cc(-c5ccccc5)c(C(C)C)cc4C(C)(C)C(C)(C)C23)cc1. The van der Waals surface area contributed by atoms with E-state index in [4.69, 9.17) is 9.97 Å². The van der Waals surface area contributed by atoms with Crippen molar-refractivity contribution in [2.24, 2.45) is 5.41 Å². The van der Waals surface area contributed by atoms with Crippen LogP contribution in [-0.2, 0) is 5.41 Å². The summed E-state index contributed by atoms with van der Waals surface area (Å²) in [5.41, 5.74) is 8.80. The number of aromatic nitrogens is 2. The van der Waals surface area contributed by atoms with Crippen molar-refractivity contribution >= 4 is 23.0 Å². The van der Waals surface area contributed by atoms with Gasteiger partial charge in [0, 0.05) is 34.6 Å². The molecule has 0 spiro atoms. The van der Waals surface area contributed by atoms with E-state index in [1.54, 1.807) is 0 Å². The highest BCUT2D eigenvalue weighted by Crippen LogP contribution is 2.62. The monoisotopic (exact) mass is 516 g/mol. The van der Waals surface area contributed by atoms with Crippen molar-refractivity contribution in [3.05, 3.63) is 95.8 Å². The molecule has 0 aliphatic carbocycles. The Bertz CT molecular complexity index is 1520. The molecule has 1 atom stereocenters. The van der Waals surface area contributed by atoms with Gasteiger partial charge < -0.3 is 9.80 Å². The Labute approximate surface area is 233 Å². The van der Waals surface area contributed by atoms with E-state index in [0.717, 1.165) is 17.3 Å². The summed E-state index contributed by atoms with van der Waals surface area (Å²) in [4.78, 5) is 14.8. The molecule has 200 valence electrons. The normalized spacial score (nSPS) is 18.8. The van der Waals surface area contributed by atoms with Crippen molar-refractivity contribution in [2.75, 3.05) is 9.80 Å². The second-order valence-electron chi connectivity index (χ2n) is 12.9. The Balaban J connectivity index is 1.63. The van der Waals surface area contributed by atoms with Crippen LogP contribution in [0.25, 0.3) is 11.1 Å². The summed E-state index contributed by atoms with van der Waals surface area (Å²) in [6.07, 6.45) is 3.67. The Morgan fingerprint density at radius 1 is 0.718 bits per heavy atom. The summed E-state index contributed by atoms with van der Waals surface area (Å²) in [6, 6.07) is 24.7. The van der Waals surface area contributed by atoms with Crippen molar-refractivity contribution in [3.63, 3.8) is 0 Å². The minimum atomic E-state index is -0.137. The van der Waals surface area contributed by atoms with Gasteiger partial charge in [-0.3, -0.25) is 0 Å². The average molecular weight is 517 g/mol. The van der Waals surface area contributed by atoms with E-state index >= 15 is 0 Å². The minimum Gasteiger partial charge on any atom is -0.301 e. The van der Waals surface area contributed by atoms with Crippen LogP contribution < -0.4 is 9.80 Å². The quantitative estimate of drug-likeness (QED) is 0.270. The lowest BCUT2D eigenvalue weighted by Gasteiger charge is -2.56. The van der Waals surface area contributed by atoms with Crippen LogP contribution in [0.1, 0.15) is 83.9 Å². The van der Waals surface area contributed by atoms with E-state index in [1.165, 1.54) is 33.5 Å². The predicted octanol–water partition coefficient (Wildman–Crippen LogP) is 9.32. The van der Waals surface area contributed by atoms with Crippen LogP contribution in [0, 0.1) is 5.41 Å². The minimum absolute atomic E-state index is 0.0239. The Kier molecular flexibility index (Phi) is 5.87. The second kappa shape index (κ2) is 8.94. The lowest BCUT2D eigenvalue weighted by atomic mass is 9.59. The van der Waals surface area contributed by atoms with Crippen molar-refractivity contribution in [1.29, 1.82) is 0 Å². The maximum Gasteiger partial charge on any atom is 0.178 e. The van der Waals surface area contributed by atoms with Crippen molar-refractivity contribution < 1.29 is 0 Å². The van der Waals surface area contributed by atoms with Gasteiger partial charge in [-0.1, -0.05) is 104 Å². The maximum absolute atomic E-state index is 4.96. The molecule has 3 heterocycles. The Morgan fingerprint density at radius 3 is 1.92 bits per heavy atom. The molecule has 39 heavy (non-hydrogen) atoms. The molecule has 3 aromatic carbocycles. The fourth-order valence-electron chi connectivity index (χ4n) is 6.51. The molecule has 0 saturated carbocycles. The van der Waals surface area contributed by atoms with E-state index < -0.39 is 0 Å². The average Bonchev–Trinajstić information content (AvgIpc) is 3.28. The van der Waals surface area contributed by atoms with E-state index in [2.05, 4.69) is 132 Å². The van der Waals surface area contributed by atoms with Gasteiger partial charge in [0.1, 0.15) is 6.17 Å². The number of benzene rings is 3. The molecule has 0 saturated heterocycles. The standard InChI is InChI=1S/C35H40N4/c1-22(2)24-14-16-26(17-15-24)38-31-32(37-19-18-36-31)39-30-21-28(25-12-10-9-11-13-25)27(23(3)4)20-29(30)34(5,6)35(7,8)33(38)39/h9-23,33H,1-8H3. The van der Waals surface area contributed by atoms with Crippen LogP contribution in [0.15, 0.2) is 79.1 Å². The number of nitrogens with zero attached hydrogens (tertiary/aromatic N) is 4. The fourth-order valence-corrected chi connectivity index (χ4v) is 6.51. The second-order valence-corrected chi connectivity index (χ2v) is 12.9. The molecular weight excluding hydrogens is 476 g/mol. The highest BCUT2D eigenvalue weighted by Gasteiger charge is 2.59. The van der Waals surface area contributed by atoms with Crippen molar-refractivity contribution in [1.82, 2.24) is 9.97 Å². The molecule has 1 unspecified atom stereocenters. The van der Waals surface area contributed by atoms with Crippen molar-refractivity contribution in [3.8, 4) is 11.1 Å². The lowest BCUT2D eigenvalue weighted by molar-refractivity contribution is 0.146. The summed E-state index contributed by atoms with van der Waals surface area (Å²) < 4.78 is 0. The Morgan fingerprint density at radius 2 is 1.33 bits per heavy atom. The van der Waals surface area contributed by atoms with Gasteiger partial charge >= 0.3 is 0 Å². The summed E-state index contributed by atoms with van der Waals surface area (Å²) in [5, 5.41) is 0. The molecule has 0 bridgehead atoms. The molecule has 0 radical (unpaired) electrons. The summed E-state index contributed by atoms with van der Waals surface area (Å²) in [7, 11) is 0. The zero-order valence-corrected chi connectivity index (χ0v) is 24.5.